The van der Waals surface area contributed by atoms with E-state index in [0.717, 1.165) is 6.54 Å². The van der Waals surface area contributed by atoms with Crippen LogP contribution in [0.4, 0.5) is 0 Å². The van der Waals surface area contributed by atoms with E-state index >= 15 is 0 Å². The highest BCUT2D eigenvalue weighted by molar-refractivity contribution is 7.10. The highest BCUT2D eigenvalue weighted by Gasteiger charge is 2.23. The zero-order valence-electron chi connectivity index (χ0n) is 11.8. The Morgan fingerprint density at radius 2 is 2.20 bits per heavy atom. The largest absolute Gasteiger partial charge is 0.475 e. The Morgan fingerprint density at radius 1 is 1.45 bits per heavy atom. The lowest BCUT2D eigenvalue weighted by atomic mass is 9.91. The third-order valence-corrected chi connectivity index (χ3v) is 4.54. The van der Waals surface area contributed by atoms with Crippen LogP contribution in [0.1, 0.15) is 48.0 Å². The van der Waals surface area contributed by atoms with E-state index < -0.39 is 5.97 Å². The number of carboxylic acid groups (broad SMARTS) is 1. The van der Waals surface area contributed by atoms with Gasteiger partial charge in [0.1, 0.15) is 5.76 Å². The molecule has 1 unspecified atom stereocenters. The molecule has 2 rings (SSSR count). The third kappa shape index (κ3) is 3.29. The van der Waals surface area contributed by atoms with E-state index in [9.17, 15) is 4.79 Å². The molecule has 1 atom stereocenters. The molecule has 108 valence electrons. The Hall–Kier alpha value is -1.59. The number of nitrogens with one attached hydrogen (secondary N) is 1. The minimum absolute atomic E-state index is 0.0221. The van der Waals surface area contributed by atoms with Crippen molar-refractivity contribution in [2.45, 2.75) is 32.2 Å². The average Bonchev–Trinajstić information content (AvgIpc) is 3.06. The maximum absolute atomic E-state index is 10.8. The van der Waals surface area contributed by atoms with Gasteiger partial charge in [-0.15, -0.1) is 11.3 Å². The number of rotatable bonds is 6. The standard InChI is InChI=1S/C15H19NO3S/c1-10(11-6-7-12(19-11)14(17)18)16-9-15(2,3)13-5-4-8-20-13/h4-8,10,16H,9H2,1-3H3,(H,17,18). The summed E-state index contributed by atoms with van der Waals surface area (Å²) < 4.78 is 5.30. The molecular formula is C15H19NO3S. The van der Waals surface area contributed by atoms with E-state index in [1.54, 1.807) is 17.4 Å². The maximum Gasteiger partial charge on any atom is 0.371 e. The Kier molecular flexibility index (Phi) is 4.30. The van der Waals surface area contributed by atoms with Gasteiger partial charge in [-0.2, -0.15) is 0 Å². The van der Waals surface area contributed by atoms with Crippen LogP contribution < -0.4 is 5.32 Å². The van der Waals surface area contributed by atoms with E-state index in [2.05, 4.69) is 36.7 Å². The molecule has 0 aliphatic heterocycles. The molecule has 2 aromatic rings. The summed E-state index contributed by atoms with van der Waals surface area (Å²) in [6, 6.07) is 7.35. The Labute approximate surface area is 122 Å². The van der Waals surface area contributed by atoms with Gasteiger partial charge in [-0.1, -0.05) is 19.9 Å². The highest BCUT2D eigenvalue weighted by Crippen LogP contribution is 2.27. The molecule has 0 radical (unpaired) electrons. The molecule has 0 saturated carbocycles. The molecule has 0 saturated heterocycles. The minimum Gasteiger partial charge on any atom is -0.475 e. The summed E-state index contributed by atoms with van der Waals surface area (Å²) in [4.78, 5) is 12.1. The highest BCUT2D eigenvalue weighted by atomic mass is 32.1. The normalized spacial score (nSPS) is 13.3. The third-order valence-electron chi connectivity index (χ3n) is 3.30. The first-order valence-corrected chi connectivity index (χ1v) is 7.38. The fourth-order valence-electron chi connectivity index (χ4n) is 1.96. The first-order valence-electron chi connectivity index (χ1n) is 6.50. The summed E-state index contributed by atoms with van der Waals surface area (Å²) in [7, 11) is 0. The van der Waals surface area contributed by atoms with Gasteiger partial charge in [0, 0.05) is 16.8 Å². The van der Waals surface area contributed by atoms with Crippen molar-refractivity contribution in [1.29, 1.82) is 0 Å². The summed E-state index contributed by atoms with van der Waals surface area (Å²) >= 11 is 1.74. The van der Waals surface area contributed by atoms with Gasteiger partial charge in [0.05, 0.1) is 6.04 Å². The van der Waals surface area contributed by atoms with Crippen molar-refractivity contribution < 1.29 is 14.3 Å². The van der Waals surface area contributed by atoms with Crippen LogP contribution in [0.2, 0.25) is 0 Å². The molecule has 0 aromatic carbocycles. The lowest BCUT2D eigenvalue weighted by Gasteiger charge is -2.25. The number of carbonyl (C=O) groups is 1. The summed E-state index contributed by atoms with van der Waals surface area (Å²) in [5.74, 6) is -0.419. The Bertz CT molecular complexity index is 572. The van der Waals surface area contributed by atoms with Gasteiger partial charge in [0.15, 0.2) is 0 Å². The molecule has 2 heterocycles. The predicted molar refractivity (Wildman–Crippen MR) is 79.4 cm³/mol. The number of hydrogen-bond acceptors (Lipinski definition) is 4. The van der Waals surface area contributed by atoms with Crippen LogP contribution in [0.15, 0.2) is 34.1 Å². The number of furan rings is 1. The van der Waals surface area contributed by atoms with Crippen LogP contribution in [0.3, 0.4) is 0 Å². The van der Waals surface area contributed by atoms with Crippen molar-refractivity contribution in [3.63, 3.8) is 0 Å². The zero-order chi connectivity index (χ0) is 14.8. The van der Waals surface area contributed by atoms with Crippen molar-refractivity contribution in [2.24, 2.45) is 0 Å². The first kappa shape index (κ1) is 14.8. The molecule has 4 nitrogen and oxygen atoms in total. The van der Waals surface area contributed by atoms with Crippen molar-refractivity contribution in [2.75, 3.05) is 6.54 Å². The van der Waals surface area contributed by atoms with Gasteiger partial charge in [-0.25, -0.2) is 4.79 Å². The number of aromatic carboxylic acids is 1. The van der Waals surface area contributed by atoms with Gasteiger partial charge in [0.25, 0.3) is 0 Å². The number of hydrogen-bond donors (Lipinski definition) is 2. The van der Waals surface area contributed by atoms with E-state index in [-0.39, 0.29) is 17.2 Å². The van der Waals surface area contributed by atoms with E-state index in [1.165, 1.54) is 10.9 Å². The van der Waals surface area contributed by atoms with Crippen molar-refractivity contribution in [3.8, 4) is 0 Å². The SMILES string of the molecule is CC(NCC(C)(C)c1cccs1)c1ccc(C(=O)O)o1. The molecule has 0 bridgehead atoms. The second kappa shape index (κ2) is 5.81. The molecule has 2 N–H and O–H groups in total. The van der Waals surface area contributed by atoms with Crippen LogP contribution in [-0.2, 0) is 5.41 Å². The molecule has 2 aromatic heterocycles. The first-order chi connectivity index (χ1) is 9.40. The fourth-order valence-corrected chi connectivity index (χ4v) is 2.81. The van der Waals surface area contributed by atoms with E-state index in [1.807, 2.05) is 6.92 Å². The molecule has 20 heavy (non-hydrogen) atoms. The molecule has 0 fully saturated rings. The quantitative estimate of drug-likeness (QED) is 0.853. The minimum atomic E-state index is -1.04. The molecule has 5 heteroatoms. The summed E-state index contributed by atoms with van der Waals surface area (Å²) in [6.45, 7) is 7.12. The van der Waals surface area contributed by atoms with Crippen molar-refractivity contribution in [1.82, 2.24) is 5.32 Å². The number of thiophene rings is 1. The van der Waals surface area contributed by atoms with Crippen LogP contribution in [0, 0.1) is 0 Å². The van der Waals surface area contributed by atoms with Gasteiger partial charge in [-0.05, 0) is 30.5 Å². The summed E-state index contributed by atoms with van der Waals surface area (Å²) in [5.41, 5.74) is 0.0324. The van der Waals surface area contributed by atoms with Crippen LogP contribution in [0.25, 0.3) is 0 Å². The molecular weight excluding hydrogens is 274 g/mol. The molecule has 0 aliphatic rings. The van der Waals surface area contributed by atoms with E-state index in [4.69, 9.17) is 9.52 Å². The Morgan fingerprint density at radius 3 is 2.75 bits per heavy atom. The van der Waals surface area contributed by atoms with Crippen LogP contribution in [-0.4, -0.2) is 17.6 Å². The summed E-state index contributed by atoms with van der Waals surface area (Å²) in [6.07, 6.45) is 0. The lowest BCUT2D eigenvalue weighted by molar-refractivity contribution is 0.0659. The van der Waals surface area contributed by atoms with Crippen LogP contribution >= 0.6 is 11.3 Å². The fraction of sp³-hybridized carbons (Fsp3) is 0.400. The van der Waals surface area contributed by atoms with Crippen molar-refractivity contribution >= 4 is 17.3 Å². The monoisotopic (exact) mass is 293 g/mol. The smallest absolute Gasteiger partial charge is 0.371 e. The summed E-state index contributed by atoms with van der Waals surface area (Å²) in [5, 5.41) is 14.3. The second-order valence-corrected chi connectivity index (χ2v) is 6.42. The van der Waals surface area contributed by atoms with Crippen molar-refractivity contribution in [3.05, 3.63) is 46.0 Å². The topological polar surface area (TPSA) is 62.5 Å². The molecule has 0 aliphatic carbocycles. The molecule has 0 spiro atoms. The lowest BCUT2D eigenvalue weighted by Crippen LogP contribution is -2.33. The number of carboxylic acids is 1. The van der Waals surface area contributed by atoms with Gasteiger partial charge in [0.2, 0.25) is 5.76 Å². The van der Waals surface area contributed by atoms with Gasteiger partial charge < -0.3 is 14.8 Å². The van der Waals surface area contributed by atoms with Gasteiger partial charge in [-0.3, -0.25) is 0 Å². The van der Waals surface area contributed by atoms with E-state index in [0.29, 0.717) is 5.76 Å². The van der Waals surface area contributed by atoms with Gasteiger partial charge >= 0.3 is 5.97 Å². The Balaban J connectivity index is 1.97. The average molecular weight is 293 g/mol. The predicted octanol–water partition coefficient (Wildman–Crippen LogP) is 3.67. The molecule has 0 amide bonds. The zero-order valence-corrected chi connectivity index (χ0v) is 12.7. The second-order valence-electron chi connectivity index (χ2n) is 5.47. The van der Waals surface area contributed by atoms with Crippen LogP contribution in [0.5, 0.6) is 0 Å². The maximum atomic E-state index is 10.8.